The number of rotatable bonds is 34. The van der Waals surface area contributed by atoms with Crippen LogP contribution in [0, 0.1) is 5.92 Å². The lowest BCUT2D eigenvalue weighted by atomic mass is 9.78. The summed E-state index contributed by atoms with van der Waals surface area (Å²) in [5.74, 6) is 0.625. The van der Waals surface area contributed by atoms with Crippen molar-refractivity contribution in [1.82, 2.24) is 4.90 Å². The van der Waals surface area contributed by atoms with Crippen molar-refractivity contribution in [3.63, 3.8) is 0 Å². The molecule has 0 aliphatic heterocycles. The maximum absolute atomic E-state index is 6.43. The molecular formula is C43H79NO2. The SMILES string of the molecule is CCCCC/C=C\C/C=C\CCCCCCCCO[C@@H]1[C@H](CN(C)C)C[C@@H]1OCCCCCCCC/C=C\C/C=C\CCCCC. The molecule has 0 aromatic heterocycles. The summed E-state index contributed by atoms with van der Waals surface area (Å²) < 4.78 is 12.8. The lowest BCUT2D eigenvalue weighted by Gasteiger charge is -2.45. The van der Waals surface area contributed by atoms with Gasteiger partial charge in [0, 0.05) is 25.7 Å². The quantitative estimate of drug-likeness (QED) is 0.0515. The standard InChI is InChI=1S/C43H79NO2/c1-5-7-9-11-13-15-17-19-21-23-25-27-29-31-33-35-37-45-42-39-41(40-44(3)4)43(42)46-38-36-34-32-30-28-26-24-22-20-18-16-14-12-10-8-6-2/h13-16,19-22,41-43H,5-12,17-18,23-40H2,1-4H3/b15-13-,16-14-,21-19-,22-20-/t41-,42-,43+/m0/s1. The van der Waals surface area contributed by atoms with Gasteiger partial charge < -0.3 is 14.4 Å². The molecule has 0 amide bonds. The van der Waals surface area contributed by atoms with Crippen molar-refractivity contribution in [2.24, 2.45) is 5.92 Å². The second-order valence-electron chi connectivity index (χ2n) is 14.2. The van der Waals surface area contributed by atoms with Gasteiger partial charge in [-0.15, -0.1) is 0 Å². The van der Waals surface area contributed by atoms with Gasteiger partial charge in [-0.1, -0.05) is 140 Å². The Morgan fingerprint density at radius 2 is 0.870 bits per heavy atom. The normalized spacial score (nSPS) is 18.8. The summed E-state index contributed by atoms with van der Waals surface area (Å²) >= 11 is 0. The lowest BCUT2D eigenvalue weighted by Crippen LogP contribution is -2.53. The fraction of sp³-hybridized carbons (Fsp3) is 0.814. The second kappa shape index (κ2) is 33.7. The first-order valence-electron chi connectivity index (χ1n) is 20.2. The van der Waals surface area contributed by atoms with Crippen LogP contribution in [-0.2, 0) is 9.47 Å². The summed E-state index contributed by atoms with van der Waals surface area (Å²) in [6.07, 6.45) is 51.5. The van der Waals surface area contributed by atoms with Crippen molar-refractivity contribution in [3.05, 3.63) is 48.6 Å². The summed E-state index contributed by atoms with van der Waals surface area (Å²) in [6.45, 7) is 7.44. The molecule has 0 saturated heterocycles. The summed E-state index contributed by atoms with van der Waals surface area (Å²) in [6, 6.07) is 0. The van der Waals surface area contributed by atoms with Crippen LogP contribution in [0.15, 0.2) is 48.6 Å². The summed E-state index contributed by atoms with van der Waals surface area (Å²) in [5, 5.41) is 0. The molecule has 3 atom stereocenters. The van der Waals surface area contributed by atoms with E-state index in [1.807, 2.05) is 0 Å². The van der Waals surface area contributed by atoms with E-state index in [4.69, 9.17) is 9.47 Å². The van der Waals surface area contributed by atoms with Crippen LogP contribution < -0.4 is 0 Å². The lowest BCUT2D eigenvalue weighted by molar-refractivity contribution is -0.168. The van der Waals surface area contributed by atoms with E-state index in [1.165, 1.54) is 141 Å². The Hall–Kier alpha value is -1.16. The van der Waals surface area contributed by atoms with Gasteiger partial charge in [-0.3, -0.25) is 0 Å². The Balaban J connectivity index is 1.99. The van der Waals surface area contributed by atoms with Crippen LogP contribution in [0.25, 0.3) is 0 Å². The summed E-state index contributed by atoms with van der Waals surface area (Å²) in [7, 11) is 4.36. The molecule has 0 unspecified atom stereocenters. The highest BCUT2D eigenvalue weighted by Crippen LogP contribution is 2.34. The zero-order chi connectivity index (χ0) is 33.2. The van der Waals surface area contributed by atoms with Crippen LogP contribution in [0.5, 0.6) is 0 Å². The number of ether oxygens (including phenoxy) is 2. The van der Waals surface area contributed by atoms with E-state index in [1.54, 1.807) is 0 Å². The van der Waals surface area contributed by atoms with E-state index in [0.717, 1.165) is 39.0 Å². The third-order valence-corrected chi connectivity index (χ3v) is 9.30. The smallest absolute Gasteiger partial charge is 0.0877 e. The van der Waals surface area contributed by atoms with Crippen molar-refractivity contribution in [1.29, 1.82) is 0 Å². The first-order chi connectivity index (χ1) is 22.7. The zero-order valence-corrected chi connectivity index (χ0v) is 31.4. The fourth-order valence-electron chi connectivity index (χ4n) is 6.36. The molecular weight excluding hydrogens is 562 g/mol. The molecule has 0 N–H and O–H groups in total. The van der Waals surface area contributed by atoms with Gasteiger partial charge in [0.05, 0.1) is 12.2 Å². The zero-order valence-electron chi connectivity index (χ0n) is 31.4. The molecule has 0 heterocycles. The van der Waals surface area contributed by atoms with Crippen LogP contribution in [0.4, 0.5) is 0 Å². The van der Waals surface area contributed by atoms with Gasteiger partial charge in [-0.2, -0.15) is 0 Å². The van der Waals surface area contributed by atoms with Gasteiger partial charge in [0.15, 0.2) is 0 Å². The molecule has 46 heavy (non-hydrogen) atoms. The van der Waals surface area contributed by atoms with E-state index in [-0.39, 0.29) is 0 Å². The van der Waals surface area contributed by atoms with E-state index in [0.29, 0.717) is 18.1 Å². The van der Waals surface area contributed by atoms with Crippen molar-refractivity contribution >= 4 is 0 Å². The van der Waals surface area contributed by atoms with Gasteiger partial charge in [-0.25, -0.2) is 0 Å². The Kier molecular flexibility index (Phi) is 31.4. The minimum Gasteiger partial charge on any atom is -0.375 e. The molecule has 0 bridgehead atoms. The van der Waals surface area contributed by atoms with Crippen molar-refractivity contribution < 1.29 is 9.47 Å². The number of unbranched alkanes of at least 4 members (excludes halogenated alkanes) is 18. The highest BCUT2D eigenvalue weighted by Gasteiger charge is 2.42. The Morgan fingerprint density at radius 1 is 0.478 bits per heavy atom. The number of hydrogen-bond acceptors (Lipinski definition) is 3. The molecule has 1 aliphatic rings. The van der Waals surface area contributed by atoms with Crippen LogP contribution in [-0.4, -0.2) is 51.0 Å². The average molecular weight is 642 g/mol. The molecule has 1 saturated carbocycles. The predicted octanol–water partition coefficient (Wildman–Crippen LogP) is 13.0. The number of allylic oxidation sites excluding steroid dienone is 8. The molecule has 1 aliphatic carbocycles. The molecule has 0 aromatic rings. The van der Waals surface area contributed by atoms with Crippen molar-refractivity contribution in [3.8, 4) is 0 Å². The van der Waals surface area contributed by atoms with Gasteiger partial charge in [-0.05, 0) is 97.6 Å². The monoisotopic (exact) mass is 642 g/mol. The third-order valence-electron chi connectivity index (χ3n) is 9.30. The van der Waals surface area contributed by atoms with E-state index < -0.39 is 0 Å². The highest BCUT2D eigenvalue weighted by atomic mass is 16.5. The molecule has 0 aromatic carbocycles. The molecule has 1 fully saturated rings. The topological polar surface area (TPSA) is 21.7 Å². The molecule has 3 nitrogen and oxygen atoms in total. The third kappa shape index (κ3) is 26.9. The molecule has 0 spiro atoms. The minimum absolute atomic E-state index is 0.296. The van der Waals surface area contributed by atoms with Gasteiger partial charge in [0.2, 0.25) is 0 Å². The van der Waals surface area contributed by atoms with E-state index in [2.05, 4.69) is 81.5 Å². The number of hydrogen-bond donors (Lipinski definition) is 0. The summed E-state index contributed by atoms with van der Waals surface area (Å²) in [4.78, 5) is 2.31. The summed E-state index contributed by atoms with van der Waals surface area (Å²) in [5.41, 5.74) is 0. The average Bonchev–Trinajstić information content (AvgIpc) is 3.04. The predicted molar refractivity (Wildman–Crippen MR) is 205 cm³/mol. The fourth-order valence-corrected chi connectivity index (χ4v) is 6.36. The van der Waals surface area contributed by atoms with Crippen LogP contribution in [0.3, 0.4) is 0 Å². The molecule has 268 valence electrons. The van der Waals surface area contributed by atoms with Gasteiger partial charge in [0.25, 0.3) is 0 Å². The van der Waals surface area contributed by atoms with Crippen LogP contribution in [0.1, 0.15) is 174 Å². The van der Waals surface area contributed by atoms with E-state index >= 15 is 0 Å². The maximum Gasteiger partial charge on any atom is 0.0877 e. The molecule has 3 heteroatoms. The maximum atomic E-state index is 6.43. The Labute approximate surface area is 288 Å². The van der Waals surface area contributed by atoms with E-state index in [9.17, 15) is 0 Å². The van der Waals surface area contributed by atoms with Crippen molar-refractivity contribution in [2.45, 2.75) is 187 Å². The number of nitrogens with zero attached hydrogens (tertiary/aromatic N) is 1. The first kappa shape index (κ1) is 42.9. The van der Waals surface area contributed by atoms with Crippen LogP contribution >= 0.6 is 0 Å². The highest BCUT2D eigenvalue weighted by molar-refractivity contribution is 4.94. The van der Waals surface area contributed by atoms with Gasteiger partial charge in [0.1, 0.15) is 0 Å². The largest absolute Gasteiger partial charge is 0.375 e. The molecule has 1 rings (SSSR count). The first-order valence-corrected chi connectivity index (χ1v) is 20.2. The van der Waals surface area contributed by atoms with Crippen molar-refractivity contribution in [2.75, 3.05) is 33.9 Å². The Bertz CT molecular complexity index is 739. The Morgan fingerprint density at radius 3 is 1.30 bits per heavy atom. The van der Waals surface area contributed by atoms with Gasteiger partial charge >= 0.3 is 0 Å². The van der Waals surface area contributed by atoms with Crippen LogP contribution in [0.2, 0.25) is 0 Å². The second-order valence-corrected chi connectivity index (χ2v) is 14.2. The minimum atomic E-state index is 0.296. The molecule has 0 radical (unpaired) electrons.